The largest absolute Gasteiger partial charge is 0.494 e. The lowest BCUT2D eigenvalue weighted by atomic mass is 10.3. The second-order valence-corrected chi connectivity index (χ2v) is 4.31. The molecule has 1 amide bonds. The first-order chi connectivity index (χ1) is 9.56. The molecule has 0 aliphatic heterocycles. The summed E-state index contributed by atoms with van der Waals surface area (Å²) in [5.41, 5.74) is 0.0710. The standard InChI is InChI=1S/C13H12ClN3O3/c1-15-13(19)12-10(20-2)7-11(18)17(16-12)9-5-3-4-8(14)6-9/h3-7H,1-2H3,(H,15,19). The molecule has 0 aliphatic carbocycles. The van der Waals surface area contributed by atoms with E-state index in [-0.39, 0.29) is 11.4 Å². The van der Waals surface area contributed by atoms with E-state index in [4.69, 9.17) is 16.3 Å². The highest BCUT2D eigenvalue weighted by Gasteiger charge is 2.16. The van der Waals surface area contributed by atoms with Crippen molar-refractivity contribution >= 4 is 17.5 Å². The van der Waals surface area contributed by atoms with Crippen molar-refractivity contribution in [3.05, 3.63) is 51.4 Å². The maximum atomic E-state index is 12.0. The van der Waals surface area contributed by atoms with Crippen LogP contribution in [0.1, 0.15) is 10.5 Å². The molecule has 1 heterocycles. The molecule has 0 atom stereocenters. The molecular weight excluding hydrogens is 282 g/mol. The molecule has 0 bridgehead atoms. The van der Waals surface area contributed by atoms with E-state index in [2.05, 4.69) is 10.4 Å². The quantitative estimate of drug-likeness (QED) is 0.924. The van der Waals surface area contributed by atoms with Gasteiger partial charge in [-0.15, -0.1) is 0 Å². The zero-order chi connectivity index (χ0) is 14.7. The first-order valence-electron chi connectivity index (χ1n) is 5.73. The van der Waals surface area contributed by atoms with Gasteiger partial charge in [0.2, 0.25) is 0 Å². The van der Waals surface area contributed by atoms with Crippen LogP contribution in [0.4, 0.5) is 0 Å². The predicted octanol–water partition coefficient (Wildman–Crippen LogP) is 1.25. The molecule has 2 rings (SSSR count). The summed E-state index contributed by atoms with van der Waals surface area (Å²) in [4.78, 5) is 23.8. The van der Waals surface area contributed by atoms with Gasteiger partial charge in [-0.3, -0.25) is 9.59 Å². The second kappa shape index (κ2) is 5.75. The van der Waals surface area contributed by atoms with Crippen LogP contribution >= 0.6 is 11.6 Å². The molecule has 1 N–H and O–H groups in total. The lowest BCUT2D eigenvalue weighted by Crippen LogP contribution is -2.28. The number of amides is 1. The van der Waals surface area contributed by atoms with Gasteiger partial charge in [0, 0.05) is 12.1 Å². The van der Waals surface area contributed by atoms with Crippen LogP contribution in [0.15, 0.2) is 35.1 Å². The van der Waals surface area contributed by atoms with Crippen molar-refractivity contribution in [2.75, 3.05) is 14.2 Å². The summed E-state index contributed by atoms with van der Waals surface area (Å²) in [5.74, 6) is -0.328. The number of methoxy groups -OCH3 is 1. The van der Waals surface area contributed by atoms with E-state index in [1.54, 1.807) is 24.3 Å². The normalized spacial score (nSPS) is 10.2. The Bertz CT molecular complexity index is 712. The van der Waals surface area contributed by atoms with Crippen molar-refractivity contribution in [2.45, 2.75) is 0 Å². The van der Waals surface area contributed by atoms with E-state index in [0.29, 0.717) is 10.7 Å². The van der Waals surface area contributed by atoms with Crippen LogP contribution in [0.3, 0.4) is 0 Å². The highest BCUT2D eigenvalue weighted by molar-refractivity contribution is 6.30. The molecule has 6 nitrogen and oxygen atoms in total. The Kier molecular flexibility index (Phi) is 4.05. The minimum Gasteiger partial charge on any atom is -0.494 e. The molecule has 0 unspecified atom stereocenters. The Morgan fingerprint density at radius 3 is 2.75 bits per heavy atom. The van der Waals surface area contributed by atoms with E-state index >= 15 is 0 Å². The van der Waals surface area contributed by atoms with Crippen LogP contribution in [0.2, 0.25) is 5.02 Å². The van der Waals surface area contributed by atoms with Gasteiger partial charge >= 0.3 is 0 Å². The van der Waals surface area contributed by atoms with Crippen molar-refractivity contribution in [2.24, 2.45) is 0 Å². The summed E-state index contributed by atoms with van der Waals surface area (Å²) in [6, 6.07) is 7.82. The molecule has 1 aromatic carbocycles. The maximum Gasteiger partial charge on any atom is 0.275 e. The number of nitrogens with zero attached hydrogens (tertiary/aromatic N) is 2. The van der Waals surface area contributed by atoms with Crippen molar-refractivity contribution in [1.82, 2.24) is 15.1 Å². The Morgan fingerprint density at radius 2 is 2.15 bits per heavy atom. The summed E-state index contributed by atoms with van der Waals surface area (Å²) < 4.78 is 6.10. The highest BCUT2D eigenvalue weighted by atomic mass is 35.5. The first kappa shape index (κ1) is 14.1. The Labute approximate surface area is 119 Å². The Morgan fingerprint density at radius 1 is 1.40 bits per heavy atom. The van der Waals surface area contributed by atoms with Gasteiger partial charge in [-0.25, -0.2) is 0 Å². The molecule has 0 spiro atoms. The molecule has 0 fully saturated rings. The summed E-state index contributed by atoms with van der Waals surface area (Å²) in [5, 5.41) is 6.94. The monoisotopic (exact) mass is 293 g/mol. The molecule has 0 aliphatic rings. The van der Waals surface area contributed by atoms with Gasteiger partial charge in [0.15, 0.2) is 11.4 Å². The van der Waals surface area contributed by atoms with E-state index in [1.165, 1.54) is 20.2 Å². The molecule has 7 heteroatoms. The number of ether oxygens (including phenoxy) is 1. The zero-order valence-corrected chi connectivity index (χ0v) is 11.6. The summed E-state index contributed by atoms with van der Waals surface area (Å²) in [6.07, 6.45) is 0. The van der Waals surface area contributed by atoms with Crippen LogP contribution in [-0.2, 0) is 0 Å². The molecule has 0 saturated carbocycles. The number of hydrogen-bond donors (Lipinski definition) is 1. The Hall–Kier alpha value is -2.34. The first-order valence-corrected chi connectivity index (χ1v) is 6.11. The number of carbonyl (C=O) groups is 1. The average Bonchev–Trinajstić information content (AvgIpc) is 2.46. The topological polar surface area (TPSA) is 73.2 Å². The van der Waals surface area contributed by atoms with Gasteiger partial charge in [-0.1, -0.05) is 17.7 Å². The summed E-state index contributed by atoms with van der Waals surface area (Å²) >= 11 is 5.89. The number of aromatic nitrogens is 2. The number of carbonyl (C=O) groups excluding carboxylic acids is 1. The lowest BCUT2D eigenvalue weighted by molar-refractivity contribution is 0.0953. The van der Waals surface area contributed by atoms with Gasteiger partial charge in [0.25, 0.3) is 11.5 Å². The number of nitrogens with one attached hydrogen (secondary N) is 1. The molecule has 0 saturated heterocycles. The number of rotatable bonds is 3. The molecule has 0 radical (unpaired) electrons. The highest BCUT2D eigenvalue weighted by Crippen LogP contribution is 2.16. The average molecular weight is 294 g/mol. The van der Waals surface area contributed by atoms with Crippen LogP contribution < -0.4 is 15.6 Å². The predicted molar refractivity (Wildman–Crippen MR) is 74.8 cm³/mol. The summed E-state index contributed by atoms with van der Waals surface area (Å²) in [7, 11) is 2.84. The van der Waals surface area contributed by atoms with Crippen LogP contribution in [0.5, 0.6) is 5.75 Å². The van der Waals surface area contributed by atoms with Crippen LogP contribution in [0.25, 0.3) is 5.69 Å². The third kappa shape index (κ3) is 2.65. The van der Waals surface area contributed by atoms with Crippen LogP contribution in [-0.4, -0.2) is 29.8 Å². The smallest absolute Gasteiger partial charge is 0.275 e. The number of hydrogen-bond acceptors (Lipinski definition) is 4. The molecular formula is C13H12ClN3O3. The maximum absolute atomic E-state index is 12.0. The van der Waals surface area contributed by atoms with Crippen molar-refractivity contribution in [1.29, 1.82) is 0 Å². The van der Waals surface area contributed by atoms with Crippen molar-refractivity contribution < 1.29 is 9.53 Å². The second-order valence-electron chi connectivity index (χ2n) is 3.87. The molecule has 1 aromatic heterocycles. The van der Waals surface area contributed by atoms with Gasteiger partial charge in [0.1, 0.15) is 0 Å². The fraction of sp³-hybridized carbons (Fsp3) is 0.154. The molecule has 2 aromatic rings. The Balaban J connectivity index is 2.66. The van der Waals surface area contributed by atoms with Gasteiger partial charge in [0.05, 0.1) is 18.9 Å². The third-order valence-electron chi connectivity index (χ3n) is 2.61. The SMILES string of the molecule is CNC(=O)c1nn(-c2cccc(Cl)c2)c(=O)cc1OC. The minimum atomic E-state index is -0.447. The van der Waals surface area contributed by atoms with Gasteiger partial charge in [-0.2, -0.15) is 9.78 Å². The van der Waals surface area contributed by atoms with E-state index in [0.717, 1.165) is 4.68 Å². The molecule has 20 heavy (non-hydrogen) atoms. The molecule has 104 valence electrons. The minimum absolute atomic E-state index is 0.0228. The third-order valence-corrected chi connectivity index (χ3v) is 2.85. The number of halogens is 1. The van der Waals surface area contributed by atoms with Crippen molar-refractivity contribution in [3.63, 3.8) is 0 Å². The fourth-order valence-electron chi connectivity index (χ4n) is 1.66. The fourth-order valence-corrected chi connectivity index (χ4v) is 1.85. The van der Waals surface area contributed by atoms with Gasteiger partial charge in [-0.05, 0) is 18.2 Å². The lowest BCUT2D eigenvalue weighted by Gasteiger charge is -2.10. The van der Waals surface area contributed by atoms with Crippen molar-refractivity contribution in [3.8, 4) is 11.4 Å². The van der Waals surface area contributed by atoms with E-state index in [9.17, 15) is 9.59 Å². The van der Waals surface area contributed by atoms with Gasteiger partial charge < -0.3 is 10.1 Å². The number of benzene rings is 1. The van der Waals surface area contributed by atoms with Crippen LogP contribution in [0, 0.1) is 0 Å². The zero-order valence-electron chi connectivity index (χ0n) is 10.9. The summed E-state index contributed by atoms with van der Waals surface area (Å²) in [6.45, 7) is 0. The van der Waals surface area contributed by atoms with E-state index in [1.807, 2.05) is 0 Å². The van der Waals surface area contributed by atoms with E-state index < -0.39 is 11.5 Å².